The Bertz CT molecular complexity index is 1220. The first-order chi connectivity index (χ1) is 15.1. The molecule has 0 aliphatic carbocycles. The Morgan fingerprint density at radius 3 is 2.39 bits per heavy atom. The van der Waals surface area contributed by atoms with Crippen LogP contribution in [0.2, 0.25) is 0 Å². The van der Waals surface area contributed by atoms with Gasteiger partial charge in [0.05, 0.1) is 0 Å². The molecule has 2 N–H and O–H groups in total. The molecule has 2 aromatic rings. The van der Waals surface area contributed by atoms with Crippen LogP contribution in [0.5, 0.6) is 5.75 Å². The van der Waals surface area contributed by atoms with Crippen LogP contribution in [0, 0.1) is 12.8 Å². The second-order valence-electron chi connectivity index (χ2n) is 6.24. The number of benzene rings is 2. The van der Waals surface area contributed by atoms with Crippen molar-refractivity contribution in [1.82, 2.24) is 0 Å². The minimum Gasteiger partial charge on any atom is -0.439 e. The number of amides is 1. The standard InChI is InChI=1S/C17H16N2O3.C9H4/c1-11-5-4-7-13(9-11)18-16(20)14-10-12-6-2-3-8-15(12)22-17(14)19-21;1-3-5-7-9-8-6-4-2/h2-9,14,21H,10H2,1H3,(H,18,20);1-2H2/b19-17+;. The quantitative estimate of drug-likeness (QED) is 0.424. The summed E-state index contributed by atoms with van der Waals surface area (Å²) in [7, 11) is 0. The summed E-state index contributed by atoms with van der Waals surface area (Å²) >= 11 is 0. The van der Waals surface area contributed by atoms with E-state index in [9.17, 15) is 4.79 Å². The van der Waals surface area contributed by atoms with Crippen molar-refractivity contribution in [3.63, 3.8) is 0 Å². The highest BCUT2D eigenvalue weighted by atomic mass is 16.5. The normalized spacial score (nSPS) is 14.1. The molecule has 0 aromatic heterocycles. The van der Waals surface area contributed by atoms with Gasteiger partial charge in [-0.25, -0.2) is 0 Å². The van der Waals surface area contributed by atoms with Gasteiger partial charge in [-0.3, -0.25) is 4.79 Å². The highest BCUT2D eigenvalue weighted by Crippen LogP contribution is 2.29. The van der Waals surface area contributed by atoms with E-state index in [1.807, 2.05) is 49.4 Å². The zero-order valence-electron chi connectivity index (χ0n) is 17.0. The summed E-state index contributed by atoms with van der Waals surface area (Å²) in [4.78, 5) is 12.5. The maximum absolute atomic E-state index is 12.5. The zero-order chi connectivity index (χ0) is 22.5. The topological polar surface area (TPSA) is 70.9 Å². The van der Waals surface area contributed by atoms with Crippen molar-refractivity contribution in [1.29, 1.82) is 0 Å². The number of para-hydroxylation sites is 1. The van der Waals surface area contributed by atoms with E-state index in [1.54, 1.807) is 6.07 Å². The van der Waals surface area contributed by atoms with Crippen molar-refractivity contribution >= 4 is 17.5 Å². The summed E-state index contributed by atoms with van der Waals surface area (Å²) in [5.41, 5.74) is 19.7. The van der Waals surface area contributed by atoms with Gasteiger partial charge in [0.15, 0.2) is 0 Å². The van der Waals surface area contributed by atoms with E-state index in [-0.39, 0.29) is 11.8 Å². The second kappa shape index (κ2) is 12.1. The number of fused-ring (bicyclic) bond motifs is 1. The van der Waals surface area contributed by atoms with Crippen LogP contribution < -0.4 is 10.1 Å². The molecule has 3 rings (SSSR count). The molecule has 0 fully saturated rings. The highest BCUT2D eigenvalue weighted by Gasteiger charge is 2.33. The van der Waals surface area contributed by atoms with Gasteiger partial charge in [0.25, 0.3) is 0 Å². The number of hydrogen-bond donors (Lipinski definition) is 2. The molecular weight excluding hydrogens is 388 g/mol. The lowest BCUT2D eigenvalue weighted by molar-refractivity contribution is -0.118. The van der Waals surface area contributed by atoms with Crippen LogP contribution in [0.15, 0.2) is 107 Å². The molecule has 0 radical (unpaired) electrons. The Balaban J connectivity index is 0.000000323. The van der Waals surface area contributed by atoms with Gasteiger partial charge >= 0.3 is 0 Å². The smallest absolute Gasteiger partial charge is 0.243 e. The fourth-order valence-electron chi connectivity index (χ4n) is 2.69. The van der Waals surface area contributed by atoms with E-state index in [4.69, 9.17) is 9.94 Å². The molecule has 1 aliphatic heterocycles. The number of oxime groups is 1. The molecule has 0 saturated heterocycles. The molecular formula is C26H20N2O3. The molecule has 152 valence electrons. The predicted octanol–water partition coefficient (Wildman–Crippen LogP) is 4.86. The SMILES string of the molecule is C=C=C=C=C=C=C=C=C.Cc1cccc(NC(=O)C2Cc3ccccc3O/C2=N/O)c1. The maximum atomic E-state index is 12.5. The van der Waals surface area contributed by atoms with Gasteiger partial charge in [-0.2, -0.15) is 0 Å². The van der Waals surface area contributed by atoms with Crippen LogP contribution in [-0.2, 0) is 11.2 Å². The Kier molecular flexibility index (Phi) is 8.81. The van der Waals surface area contributed by atoms with E-state index < -0.39 is 5.92 Å². The van der Waals surface area contributed by atoms with Crippen molar-refractivity contribution in [2.45, 2.75) is 13.3 Å². The minimum absolute atomic E-state index is 0.0175. The first-order valence-electron chi connectivity index (χ1n) is 9.23. The third-order valence-corrected chi connectivity index (χ3v) is 4.04. The van der Waals surface area contributed by atoms with Gasteiger partial charge in [0.2, 0.25) is 11.8 Å². The van der Waals surface area contributed by atoms with Gasteiger partial charge in [0, 0.05) is 5.69 Å². The monoisotopic (exact) mass is 408 g/mol. The number of aryl methyl sites for hydroxylation is 1. The molecule has 1 amide bonds. The maximum Gasteiger partial charge on any atom is 0.243 e. The Morgan fingerprint density at radius 2 is 1.74 bits per heavy atom. The fourth-order valence-corrected chi connectivity index (χ4v) is 2.69. The van der Waals surface area contributed by atoms with E-state index in [0.717, 1.165) is 11.1 Å². The lowest BCUT2D eigenvalue weighted by atomic mass is 9.95. The number of nitrogens with one attached hydrogen (secondary N) is 1. The number of hydrogen-bond acceptors (Lipinski definition) is 4. The molecule has 1 atom stereocenters. The Morgan fingerprint density at radius 1 is 1.06 bits per heavy atom. The van der Waals surface area contributed by atoms with Crippen LogP contribution >= 0.6 is 0 Å². The highest BCUT2D eigenvalue weighted by molar-refractivity contribution is 6.07. The predicted molar refractivity (Wildman–Crippen MR) is 119 cm³/mol. The molecule has 5 nitrogen and oxygen atoms in total. The lowest BCUT2D eigenvalue weighted by Crippen LogP contribution is -2.37. The van der Waals surface area contributed by atoms with E-state index in [2.05, 4.69) is 63.7 Å². The van der Waals surface area contributed by atoms with Crippen molar-refractivity contribution in [2.75, 3.05) is 5.32 Å². The molecule has 1 aliphatic rings. The molecule has 1 heterocycles. The average Bonchev–Trinajstić information content (AvgIpc) is 2.78. The summed E-state index contributed by atoms with van der Waals surface area (Å²) in [5.74, 6) is -0.271. The van der Waals surface area contributed by atoms with Gasteiger partial charge in [-0.1, -0.05) is 46.9 Å². The van der Waals surface area contributed by atoms with Crippen molar-refractivity contribution in [3.05, 3.63) is 113 Å². The Labute approximate surface area is 181 Å². The third-order valence-electron chi connectivity index (χ3n) is 4.04. The lowest BCUT2D eigenvalue weighted by Gasteiger charge is -2.24. The molecule has 0 bridgehead atoms. The summed E-state index contributed by atoms with van der Waals surface area (Å²) in [6, 6.07) is 14.9. The van der Waals surface area contributed by atoms with Crippen LogP contribution in [-0.4, -0.2) is 17.0 Å². The largest absolute Gasteiger partial charge is 0.439 e. The molecule has 0 spiro atoms. The van der Waals surface area contributed by atoms with Gasteiger partial charge in [0.1, 0.15) is 11.7 Å². The number of carbonyl (C=O) groups excluding carboxylic acids is 1. The third kappa shape index (κ3) is 7.04. The van der Waals surface area contributed by atoms with Crippen LogP contribution in [0.4, 0.5) is 5.69 Å². The summed E-state index contributed by atoms with van der Waals surface area (Å²) in [5, 5.41) is 15.1. The van der Waals surface area contributed by atoms with E-state index >= 15 is 0 Å². The van der Waals surface area contributed by atoms with Gasteiger partial charge < -0.3 is 15.3 Å². The van der Waals surface area contributed by atoms with E-state index in [1.165, 1.54) is 0 Å². The van der Waals surface area contributed by atoms with Gasteiger partial charge in [-0.15, -0.1) is 0 Å². The molecule has 31 heavy (non-hydrogen) atoms. The Hall–Kier alpha value is -4.62. The minimum atomic E-state index is -0.652. The molecule has 5 heteroatoms. The number of nitrogens with zero attached hydrogens (tertiary/aromatic N) is 1. The first kappa shape index (κ1) is 22.7. The first-order valence-corrected chi connectivity index (χ1v) is 9.23. The molecule has 0 saturated carbocycles. The number of rotatable bonds is 2. The van der Waals surface area contributed by atoms with Crippen LogP contribution in [0.1, 0.15) is 11.1 Å². The van der Waals surface area contributed by atoms with Crippen LogP contribution in [0.3, 0.4) is 0 Å². The van der Waals surface area contributed by atoms with Crippen LogP contribution in [0.25, 0.3) is 0 Å². The van der Waals surface area contributed by atoms with E-state index in [0.29, 0.717) is 17.9 Å². The number of anilines is 1. The second-order valence-corrected chi connectivity index (χ2v) is 6.24. The summed E-state index contributed by atoms with van der Waals surface area (Å²) < 4.78 is 5.52. The zero-order valence-corrected chi connectivity index (χ0v) is 17.0. The van der Waals surface area contributed by atoms with Gasteiger partial charge in [-0.05, 0) is 84.5 Å². The van der Waals surface area contributed by atoms with Crippen molar-refractivity contribution < 1.29 is 14.7 Å². The number of ether oxygens (including phenoxy) is 1. The summed E-state index contributed by atoms with van der Waals surface area (Å²) in [6.07, 6.45) is 0.438. The molecule has 2 aromatic carbocycles. The van der Waals surface area contributed by atoms with Crippen molar-refractivity contribution in [3.8, 4) is 5.75 Å². The van der Waals surface area contributed by atoms with Crippen molar-refractivity contribution in [2.24, 2.45) is 11.1 Å². The average molecular weight is 408 g/mol. The number of carbonyl (C=O) groups is 1. The fraction of sp³-hybridized carbons (Fsp3) is 0.115. The molecule has 1 unspecified atom stereocenters. The summed E-state index contributed by atoms with van der Waals surface area (Å²) in [6.45, 7) is 8.48.